The normalized spacial score (nSPS) is 13.4. The number of hydrogen-bond acceptors (Lipinski definition) is 3. The van der Waals surface area contributed by atoms with Crippen molar-refractivity contribution < 1.29 is 9.53 Å². The first-order valence-corrected chi connectivity index (χ1v) is 7.02. The zero-order valence-corrected chi connectivity index (χ0v) is 12.8. The van der Waals surface area contributed by atoms with Gasteiger partial charge in [0.15, 0.2) is 0 Å². The molecular formula is C17H25NO2. The van der Waals surface area contributed by atoms with Gasteiger partial charge >= 0.3 is 5.97 Å². The van der Waals surface area contributed by atoms with Crippen LogP contribution in [0.15, 0.2) is 42.5 Å². The summed E-state index contributed by atoms with van der Waals surface area (Å²) in [6.07, 6.45) is 4.29. The van der Waals surface area contributed by atoms with Crippen molar-refractivity contribution in [2.75, 3.05) is 0 Å². The predicted molar refractivity (Wildman–Crippen MR) is 82.3 cm³/mol. The summed E-state index contributed by atoms with van der Waals surface area (Å²) in [6, 6.07) is 10.1. The molecule has 0 fully saturated rings. The van der Waals surface area contributed by atoms with Crippen LogP contribution >= 0.6 is 0 Å². The molecular weight excluding hydrogens is 250 g/mol. The molecule has 1 unspecified atom stereocenters. The van der Waals surface area contributed by atoms with Crippen LogP contribution < -0.4 is 5.32 Å². The fraction of sp³-hybridized carbons (Fsp3) is 0.471. The van der Waals surface area contributed by atoms with Gasteiger partial charge in [-0.1, -0.05) is 42.5 Å². The Bertz CT molecular complexity index is 432. The van der Waals surface area contributed by atoms with E-state index in [0.717, 1.165) is 6.54 Å². The molecule has 1 N–H and O–H groups in total. The molecule has 0 saturated heterocycles. The first-order valence-electron chi connectivity index (χ1n) is 7.02. The van der Waals surface area contributed by atoms with Crippen LogP contribution in [0, 0.1) is 0 Å². The number of nitrogens with one attached hydrogen (secondary N) is 1. The molecule has 0 radical (unpaired) electrons. The number of carbonyl (C=O) groups is 1. The summed E-state index contributed by atoms with van der Waals surface area (Å²) in [6.45, 7) is 8.33. The highest BCUT2D eigenvalue weighted by molar-refractivity contribution is 5.71. The van der Waals surface area contributed by atoms with Gasteiger partial charge in [0.1, 0.15) is 5.60 Å². The molecule has 0 heterocycles. The molecule has 110 valence electrons. The lowest BCUT2D eigenvalue weighted by Gasteiger charge is -2.21. The summed E-state index contributed by atoms with van der Waals surface area (Å²) < 4.78 is 5.35. The van der Waals surface area contributed by atoms with Crippen LogP contribution in [0.4, 0.5) is 0 Å². The molecule has 0 saturated carbocycles. The zero-order chi connectivity index (χ0) is 15.0. The van der Waals surface area contributed by atoms with Gasteiger partial charge in [-0.25, -0.2) is 0 Å². The lowest BCUT2D eigenvalue weighted by Crippen LogP contribution is -2.32. The van der Waals surface area contributed by atoms with Gasteiger partial charge in [0.25, 0.3) is 0 Å². The molecule has 1 rings (SSSR count). The number of benzene rings is 1. The van der Waals surface area contributed by atoms with E-state index in [1.807, 2.05) is 58.0 Å². The number of esters is 1. The van der Waals surface area contributed by atoms with Crippen molar-refractivity contribution in [1.29, 1.82) is 0 Å². The Labute approximate surface area is 122 Å². The van der Waals surface area contributed by atoms with E-state index >= 15 is 0 Å². The van der Waals surface area contributed by atoms with Crippen molar-refractivity contribution in [3.63, 3.8) is 0 Å². The summed E-state index contributed by atoms with van der Waals surface area (Å²) in [5.41, 5.74) is 0.767. The number of carbonyl (C=O) groups excluding carboxylic acids is 1. The second kappa shape index (κ2) is 7.85. The molecule has 0 amide bonds. The third kappa shape index (κ3) is 7.10. The molecule has 0 aromatic heterocycles. The van der Waals surface area contributed by atoms with E-state index in [2.05, 4.69) is 17.4 Å². The summed E-state index contributed by atoms with van der Waals surface area (Å²) in [7, 11) is 0. The molecule has 3 nitrogen and oxygen atoms in total. The predicted octanol–water partition coefficient (Wildman–Crippen LogP) is 3.45. The van der Waals surface area contributed by atoms with Gasteiger partial charge in [-0.2, -0.15) is 0 Å². The van der Waals surface area contributed by atoms with Crippen molar-refractivity contribution in [3.8, 4) is 0 Å². The van der Waals surface area contributed by atoms with Crippen LogP contribution in [0.2, 0.25) is 0 Å². The maximum atomic E-state index is 11.9. The van der Waals surface area contributed by atoms with E-state index in [1.54, 1.807) is 0 Å². The standard InChI is InChI=1S/C17H25NO2/c1-5-9-15(12-16(19)20-17(2,3)4)18-13-14-10-7-6-8-11-14/h5-11,15,18H,12-13H2,1-4H3. The Hall–Kier alpha value is -1.61. The first-order chi connectivity index (χ1) is 9.40. The maximum absolute atomic E-state index is 11.9. The monoisotopic (exact) mass is 275 g/mol. The van der Waals surface area contributed by atoms with Crippen LogP contribution in [0.25, 0.3) is 0 Å². The molecule has 1 aromatic carbocycles. The second-order valence-electron chi connectivity index (χ2n) is 5.79. The van der Waals surface area contributed by atoms with Gasteiger partial charge in [0.05, 0.1) is 6.42 Å². The summed E-state index contributed by atoms with van der Waals surface area (Å²) in [5, 5.41) is 3.37. The van der Waals surface area contributed by atoms with Crippen LogP contribution in [0.1, 0.15) is 39.7 Å². The largest absolute Gasteiger partial charge is 0.460 e. The van der Waals surface area contributed by atoms with E-state index in [9.17, 15) is 4.79 Å². The fourth-order valence-corrected chi connectivity index (χ4v) is 1.85. The quantitative estimate of drug-likeness (QED) is 0.638. The van der Waals surface area contributed by atoms with Gasteiger partial charge < -0.3 is 10.1 Å². The smallest absolute Gasteiger partial charge is 0.308 e. The van der Waals surface area contributed by atoms with Crippen LogP contribution in [0.5, 0.6) is 0 Å². The number of allylic oxidation sites excluding steroid dienone is 1. The highest BCUT2D eigenvalue weighted by Gasteiger charge is 2.18. The molecule has 0 aliphatic carbocycles. The fourth-order valence-electron chi connectivity index (χ4n) is 1.85. The summed E-state index contributed by atoms with van der Waals surface area (Å²) in [4.78, 5) is 11.9. The SMILES string of the molecule is CC=CC(CC(=O)OC(C)(C)C)NCc1ccccc1. The van der Waals surface area contributed by atoms with Gasteiger partial charge in [-0.15, -0.1) is 0 Å². The Morgan fingerprint density at radius 2 is 1.95 bits per heavy atom. The van der Waals surface area contributed by atoms with Gasteiger partial charge in [0.2, 0.25) is 0 Å². The van der Waals surface area contributed by atoms with Crippen molar-refractivity contribution in [3.05, 3.63) is 48.0 Å². The average Bonchev–Trinajstić information content (AvgIpc) is 2.35. The highest BCUT2D eigenvalue weighted by Crippen LogP contribution is 2.10. The highest BCUT2D eigenvalue weighted by atomic mass is 16.6. The molecule has 3 heteroatoms. The maximum Gasteiger partial charge on any atom is 0.308 e. The topological polar surface area (TPSA) is 38.3 Å². The Kier molecular flexibility index (Phi) is 6.46. The first kappa shape index (κ1) is 16.4. The number of rotatable bonds is 6. The third-order valence-corrected chi connectivity index (χ3v) is 2.64. The third-order valence-electron chi connectivity index (χ3n) is 2.64. The van der Waals surface area contributed by atoms with Crippen molar-refractivity contribution in [1.82, 2.24) is 5.32 Å². The summed E-state index contributed by atoms with van der Waals surface area (Å²) in [5.74, 6) is -0.179. The van der Waals surface area contributed by atoms with Gasteiger partial charge in [-0.3, -0.25) is 4.79 Å². The minimum absolute atomic E-state index is 0.00458. The van der Waals surface area contributed by atoms with Crippen molar-refractivity contribution in [2.45, 2.75) is 52.3 Å². The van der Waals surface area contributed by atoms with Crippen LogP contribution in [0.3, 0.4) is 0 Å². The summed E-state index contributed by atoms with van der Waals surface area (Å²) >= 11 is 0. The minimum atomic E-state index is -0.434. The zero-order valence-electron chi connectivity index (χ0n) is 12.8. The van der Waals surface area contributed by atoms with Gasteiger partial charge in [0, 0.05) is 12.6 Å². The molecule has 0 aliphatic heterocycles. The number of hydrogen-bond donors (Lipinski definition) is 1. The lowest BCUT2D eigenvalue weighted by molar-refractivity contribution is -0.155. The van der Waals surface area contributed by atoms with E-state index in [0.29, 0.717) is 6.42 Å². The van der Waals surface area contributed by atoms with E-state index in [-0.39, 0.29) is 12.0 Å². The lowest BCUT2D eigenvalue weighted by atomic mass is 10.1. The van der Waals surface area contributed by atoms with Crippen molar-refractivity contribution >= 4 is 5.97 Å². The molecule has 20 heavy (non-hydrogen) atoms. The van der Waals surface area contributed by atoms with Crippen LogP contribution in [-0.2, 0) is 16.1 Å². The second-order valence-corrected chi connectivity index (χ2v) is 5.79. The average molecular weight is 275 g/mol. The Balaban J connectivity index is 2.50. The van der Waals surface area contributed by atoms with E-state index in [4.69, 9.17) is 4.74 Å². The van der Waals surface area contributed by atoms with E-state index < -0.39 is 5.60 Å². The molecule has 1 aromatic rings. The van der Waals surface area contributed by atoms with E-state index in [1.165, 1.54) is 5.56 Å². The molecule has 0 aliphatic rings. The minimum Gasteiger partial charge on any atom is -0.460 e. The Morgan fingerprint density at radius 3 is 2.50 bits per heavy atom. The van der Waals surface area contributed by atoms with Gasteiger partial charge in [-0.05, 0) is 33.3 Å². The van der Waals surface area contributed by atoms with Crippen LogP contribution in [-0.4, -0.2) is 17.6 Å². The van der Waals surface area contributed by atoms with Crippen molar-refractivity contribution in [2.24, 2.45) is 0 Å². The molecule has 0 spiro atoms. The molecule has 1 atom stereocenters. The molecule has 0 bridgehead atoms. The number of ether oxygens (including phenoxy) is 1. The Morgan fingerprint density at radius 1 is 1.30 bits per heavy atom.